The average molecular weight is 575 g/mol. The molecule has 2 atom stereocenters. The molecule has 1 N–H and O–H groups in total. The highest BCUT2D eigenvalue weighted by Crippen LogP contribution is 2.45. The van der Waals surface area contributed by atoms with Crippen LogP contribution in [0.25, 0.3) is 32.9 Å². The summed E-state index contributed by atoms with van der Waals surface area (Å²) in [6, 6.07) is 12.2. The van der Waals surface area contributed by atoms with Crippen molar-refractivity contribution in [3.8, 4) is 17.3 Å². The lowest BCUT2D eigenvalue weighted by molar-refractivity contribution is -0.905. The van der Waals surface area contributed by atoms with Crippen molar-refractivity contribution in [2.45, 2.75) is 56.1 Å². The minimum absolute atomic E-state index is 0.116. The molecule has 0 spiro atoms. The number of piperazine rings is 1. The number of aromatic nitrogens is 3. The van der Waals surface area contributed by atoms with Gasteiger partial charge in [0.15, 0.2) is 5.82 Å². The number of rotatable bonds is 5. The monoisotopic (exact) mass is 574 g/mol. The van der Waals surface area contributed by atoms with Crippen LogP contribution in [0, 0.1) is 11.0 Å². The fourth-order valence-electron chi connectivity index (χ4n) is 7.88. The molecule has 2 bridgehead atoms. The number of benzene rings is 2. The first kappa shape index (κ1) is 25.6. The summed E-state index contributed by atoms with van der Waals surface area (Å²) in [7, 11) is 0. The molecule has 2 unspecified atom stereocenters. The lowest BCUT2D eigenvalue weighted by Gasteiger charge is -2.47. The van der Waals surface area contributed by atoms with Crippen LogP contribution in [0.3, 0.4) is 0 Å². The zero-order chi connectivity index (χ0) is 27.8. The van der Waals surface area contributed by atoms with Gasteiger partial charge in [-0.25, -0.2) is 4.39 Å². The van der Waals surface area contributed by atoms with Gasteiger partial charge in [0.05, 0.1) is 18.5 Å². The Morgan fingerprint density at radius 1 is 1.07 bits per heavy atom. The zero-order valence-corrected chi connectivity index (χ0v) is 23.5. The molecule has 41 heavy (non-hydrogen) atoms. The molecular weight excluding hydrogens is 543 g/mol. The number of fused-ring (bicyclic) bond motifs is 5. The summed E-state index contributed by atoms with van der Waals surface area (Å²) in [6.45, 7) is 3.05. The van der Waals surface area contributed by atoms with Crippen molar-refractivity contribution >= 4 is 39.1 Å². The van der Waals surface area contributed by atoms with Crippen LogP contribution in [0.2, 0.25) is 5.02 Å². The largest absolute Gasteiger partial charge is 0.632 e. The summed E-state index contributed by atoms with van der Waals surface area (Å²) in [5.74, 6) is 0.103. The second kappa shape index (κ2) is 9.46. The van der Waals surface area contributed by atoms with Crippen LogP contribution in [0.15, 0.2) is 42.6 Å². The molecule has 4 aliphatic rings. The highest BCUT2D eigenvalue weighted by molar-refractivity contribution is 6.36. The standard InChI is InChI=1S/C31H32ClFN6O2/c32-24-8-2-6-19-5-1-7-22(25(19)24)27-26(33)28-23(15-34-27)29(38-16-20-9-10-21(17-38)35-20)37-30(36-28)41-18-31-11-3-13-39(31,40)14-4-12-31/h1-2,5-8,15,20-21,35H,3-4,9-14,16-18H2. The third kappa shape index (κ3) is 4.00. The molecule has 0 aliphatic carbocycles. The number of hydrogen-bond donors (Lipinski definition) is 1. The molecule has 8 rings (SSSR count). The molecule has 6 heterocycles. The van der Waals surface area contributed by atoms with Crippen LogP contribution in [0.5, 0.6) is 6.01 Å². The molecule has 4 fully saturated rings. The van der Waals surface area contributed by atoms with E-state index >= 15 is 4.39 Å². The SMILES string of the molecule is [O-][N+]12CCCC1(COc1nc(N3CC4CCC(C3)N4)c3cnc(-c4cccc5cccc(Cl)c45)c(F)c3n1)CCC2. The molecule has 2 aromatic carbocycles. The van der Waals surface area contributed by atoms with Crippen LogP contribution in [0.4, 0.5) is 10.2 Å². The van der Waals surface area contributed by atoms with E-state index < -0.39 is 11.4 Å². The summed E-state index contributed by atoms with van der Waals surface area (Å²) < 4.78 is 22.7. The first-order chi connectivity index (χ1) is 19.9. The number of pyridine rings is 1. The highest BCUT2D eigenvalue weighted by Gasteiger charge is 2.54. The van der Waals surface area contributed by atoms with E-state index in [1.165, 1.54) is 0 Å². The Labute approximate surface area is 242 Å². The first-order valence-corrected chi connectivity index (χ1v) is 15.1. The second-order valence-corrected chi connectivity index (χ2v) is 12.7. The topological polar surface area (TPSA) is 86.2 Å². The van der Waals surface area contributed by atoms with Gasteiger partial charge < -0.3 is 24.8 Å². The Balaban J connectivity index is 1.25. The number of hydrogen-bond acceptors (Lipinski definition) is 7. The van der Waals surface area contributed by atoms with Gasteiger partial charge in [-0.2, -0.15) is 9.97 Å². The fraction of sp³-hybridized carbons (Fsp3) is 0.452. The van der Waals surface area contributed by atoms with Crippen molar-refractivity contribution in [3.63, 3.8) is 0 Å². The van der Waals surface area contributed by atoms with Crippen LogP contribution in [0.1, 0.15) is 38.5 Å². The summed E-state index contributed by atoms with van der Waals surface area (Å²) in [4.78, 5) is 16.3. The Hall–Kier alpha value is -3.11. The smallest absolute Gasteiger partial charge is 0.319 e. The highest BCUT2D eigenvalue weighted by atomic mass is 35.5. The van der Waals surface area contributed by atoms with Gasteiger partial charge in [0.25, 0.3) is 0 Å². The second-order valence-electron chi connectivity index (χ2n) is 12.3. The Morgan fingerprint density at radius 2 is 1.80 bits per heavy atom. The van der Waals surface area contributed by atoms with E-state index in [0.717, 1.165) is 62.4 Å². The van der Waals surface area contributed by atoms with Crippen molar-refractivity contribution < 1.29 is 13.8 Å². The van der Waals surface area contributed by atoms with E-state index in [-0.39, 0.29) is 28.5 Å². The third-order valence-electron chi connectivity index (χ3n) is 9.93. The summed E-state index contributed by atoms with van der Waals surface area (Å²) >= 11 is 6.59. The van der Waals surface area contributed by atoms with E-state index in [2.05, 4.69) is 20.2 Å². The molecule has 0 saturated carbocycles. The molecule has 4 aliphatic heterocycles. The van der Waals surface area contributed by atoms with Gasteiger partial charge in [0.2, 0.25) is 0 Å². The van der Waals surface area contributed by atoms with Crippen LogP contribution >= 0.6 is 11.6 Å². The lowest BCUT2D eigenvalue weighted by Crippen LogP contribution is -2.55. The van der Waals surface area contributed by atoms with Crippen LogP contribution in [-0.4, -0.2) is 70.0 Å². The molecule has 2 aromatic heterocycles. The van der Waals surface area contributed by atoms with Crippen molar-refractivity contribution in [3.05, 3.63) is 58.6 Å². The minimum Gasteiger partial charge on any atom is -0.632 e. The molecule has 0 amide bonds. The maximum Gasteiger partial charge on any atom is 0.319 e. The number of anilines is 1. The first-order valence-electron chi connectivity index (χ1n) is 14.7. The van der Waals surface area contributed by atoms with Gasteiger partial charge in [-0.3, -0.25) is 4.98 Å². The molecule has 0 radical (unpaired) electrons. The van der Waals surface area contributed by atoms with Crippen molar-refractivity contribution in [2.24, 2.45) is 0 Å². The van der Waals surface area contributed by atoms with Gasteiger partial charge in [-0.15, -0.1) is 0 Å². The number of nitrogens with zero attached hydrogens (tertiary/aromatic N) is 5. The number of hydroxylamine groups is 3. The quantitative estimate of drug-likeness (QED) is 0.245. The number of halogens is 2. The number of quaternary nitrogens is 1. The summed E-state index contributed by atoms with van der Waals surface area (Å²) in [5, 5.41) is 19.9. The van der Waals surface area contributed by atoms with Gasteiger partial charge in [-0.05, 0) is 24.3 Å². The Morgan fingerprint density at radius 3 is 2.56 bits per heavy atom. The third-order valence-corrected chi connectivity index (χ3v) is 10.2. The van der Waals surface area contributed by atoms with Gasteiger partial charge in [0, 0.05) is 73.0 Å². The van der Waals surface area contributed by atoms with E-state index in [1.807, 2.05) is 30.3 Å². The Bertz CT molecular complexity index is 1660. The van der Waals surface area contributed by atoms with E-state index in [0.29, 0.717) is 47.0 Å². The lowest BCUT2D eigenvalue weighted by atomic mass is 9.95. The van der Waals surface area contributed by atoms with Gasteiger partial charge in [-0.1, -0.05) is 41.9 Å². The number of nitrogens with one attached hydrogen (secondary N) is 1. The fourth-order valence-corrected chi connectivity index (χ4v) is 8.17. The summed E-state index contributed by atoms with van der Waals surface area (Å²) in [6.07, 6.45) is 7.37. The van der Waals surface area contributed by atoms with Crippen molar-refractivity contribution in [1.82, 2.24) is 20.3 Å². The van der Waals surface area contributed by atoms with Crippen LogP contribution < -0.4 is 15.0 Å². The maximum absolute atomic E-state index is 16.6. The number of ether oxygens (including phenoxy) is 1. The average Bonchev–Trinajstić information content (AvgIpc) is 3.60. The molecule has 8 nitrogen and oxygen atoms in total. The molecule has 212 valence electrons. The van der Waals surface area contributed by atoms with E-state index in [1.54, 1.807) is 12.3 Å². The normalized spacial score (nSPS) is 29.0. The van der Waals surface area contributed by atoms with Crippen LogP contribution in [-0.2, 0) is 0 Å². The van der Waals surface area contributed by atoms with Crippen molar-refractivity contribution in [1.29, 1.82) is 0 Å². The Kier molecular flexibility index (Phi) is 5.90. The van der Waals surface area contributed by atoms with E-state index in [9.17, 15) is 5.21 Å². The van der Waals surface area contributed by atoms with E-state index in [4.69, 9.17) is 21.3 Å². The minimum atomic E-state index is -0.532. The molecular formula is C31H32ClFN6O2. The maximum atomic E-state index is 16.6. The molecule has 10 heteroatoms. The zero-order valence-electron chi connectivity index (χ0n) is 22.8. The predicted octanol–water partition coefficient (Wildman–Crippen LogP) is 5.60. The van der Waals surface area contributed by atoms with Gasteiger partial charge in [0.1, 0.15) is 29.2 Å². The molecule has 4 aromatic rings. The summed E-state index contributed by atoms with van der Waals surface area (Å²) in [5.41, 5.74) is 0.504. The van der Waals surface area contributed by atoms with Crippen molar-refractivity contribution in [2.75, 3.05) is 37.7 Å². The molecule has 4 saturated heterocycles. The van der Waals surface area contributed by atoms with Gasteiger partial charge >= 0.3 is 6.01 Å². The predicted molar refractivity (Wildman–Crippen MR) is 157 cm³/mol.